The Morgan fingerprint density at radius 1 is 0.882 bits per heavy atom. The van der Waals surface area contributed by atoms with E-state index in [1.54, 1.807) is 0 Å². The lowest BCUT2D eigenvalue weighted by Crippen LogP contribution is -2.35. The van der Waals surface area contributed by atoms with Gasteiger partial charge in [0.05, 0.1) is 0 Å². The van der Waals surface area contributed by atoms with Crippen molar-refractivity contribution in [2.75, 3.05) is 0 Å². The summed E-state index contributed by atoms with van der Waals surface area (Å²) in [5.74, 6) is 1.33. The normalized spacial score (nSPS) is 32.1. The molecule has 17 heavy (non-hydrogen) atoms. The van der Waals surface area contributed by atoms with Gasteiger partial charge in [-0.3, -0.25) is 4.79 Å². The quantitative estimate of drug-likeness (QED) is 0.764. The number of Topliss-reactive ketones (excluding diaryl/α,β-unsaturated/α-hetero) is 1. The van der Waals surface area contributed by atoms with E-state index < -0.39 is 0 Å². The van der Waals surface area contributed by atoms with Crippen molar-refractivity contribution in [3.63, 3.8) is 0 Å². The van der Waals surface area contributed by atoms with E-state index in [0.29, 0.717) is 11.7 Å². The van der Waals surface area contributed by atoms with Crippen molar-refractivity contribution in [3.8, 4) is 0 Å². The number of hydrogen-bond donors (Lipinski definition) is 1. The SMILES string of the molecule is NC1CCCCCC1C(=O)CC1CCCCC1. The number of nitrogens with two attached hydrogens (primary N) is 1. The Morgan fingerprint density at radius 2 is 1.47 bits per heavy atom. The van der Waals surface area contributed by atoms with Crippen molar-refractivity contribution >= 4 is 5.78 Å². The molecule has 0 heterocycles. The van der Waals surface area contributed by atoms with Crippen molar-refractivity contribution in [2.45, 2.75) is 76.7 Å². The highest BCUT2D eigenvalue weighted by atomic mass is 16.1. The smallest absolute Gasteiger partial charge is 0.137 e. The Hall–Kier alpha value is -0.370. The maximum absolute atomic E-state index is 12.3. The lowest BCUT2D eigenvalue weighted by Gasteiger charge is -2.25. The van der Waals surface area contributed by atoms with Gasteiger partial charge in [-0.1, -0.05) is 51.4 Å². The van der Waals surface area contributed by atoms with Crippen molar-refractivity contribution in [2.24, 2.45) is 17.6 Å². The summed E-state index contributed by atoms with van der Waals surface area (Å²) >= 11 is 0. The lowest BCUT2D eigenvalue weighted by atomic mass is 9.81. The topological polar surface area (TPSA) is 43.1 Å². The average molecular weight is 237 g/mol. The zero-order chi connectivity index (χ0) is 12.1. The van der Waals surface area contributed by atoms with Crippen LogP contribution in [0.25, 0.3) is 0 Å². The second-order valence-electron chi connectivity index (χ2n) is 6.08. The van der Waals surface area contributed by atoms with Crippen molar-refractivity contribution < 1.29 is 4.79 Å². The van der Waals surface area contributed by atoms with E-state index in [4.69, 9.17) is 5.73 Å². The molecule has 2 heteroatoms. The molecule has 2 atom stereocenters. The molecule has 2 N–H and O–H groups in total. The first-order chi connectivity index (χ1) is 8.27. The summed E-state index contributed by atoms with van der Waals surface area (Å²) in [5.41, 5.74) is 6.16. The molecule has 2 fully saturated rings. The van der Waals surface area contributed by atoms with Crippen LogP contribution in [-0.2, 0) is 4.79 Å². The van der Waals surface area contributed by atoms with E-state index in [9.17, 15) is 4.79 Å². The summed E-state index contributed by atoms with van der Waals surface area (Å²) in [5, 5.41) is 0. The largest absolute Gasteiger partial charge is 0.327 e. The van der Waals surface area contributed by atoms with Gasteiger partial charge in [0.15, 0.2) is 0 Å². The Labute approximate surface area is 105 Å². The third kappa shape index (κ3) is 3.80. The van der Waals surface area contributed by atoms with Gasteiger partial charge >= 0.3 is 0 Å². The van der Waals surface area contributed by atoms with Crippen LogP contribution in [0.3, 0.4) is 0 Å². The van der Waals surface area contributed by atoms with Crippen molar-refractivity contribution in [3.05, 3.63) is 0 Å². The molecule has 0 aromatic rings. The van der Waals surface area contributed by atoms with Crippen molar-refractivity contribution in [1.29, 1.82) is 0 Å². The van der Waals surface area contributed by atoms with E-state index in [2.05, 4.69) is 0 Å². The molecule has 0 saturated heterocycles. The fourth-order valence-electron chi connectivity index (χ4n) is 3.56. The van der Waals surface area contributed by atoms with E-state index in [1.165, 1.54) is 51.4 Å². The summed E-state index contributed by atoms with van der Waals surface area (Å²) in [6.45, 7) is 0. The molecule has 0 aromatic heterocycles. The molecule has 0 aliphatic heterocycles. The first-order valence-electron chi connectivity index (χ1n) is 7.55. The molecule has 0 aromatic carbocycles. The van der Waals surface area contributed by atoms with Gasteiger partial charge in [-0.25, -0.2) is 0 Å². The standard InChI is InChI=1S/C15H27NO/c16-14-10-6-2-5-9-13(14)15(17)11-12-7-3-1-4-8-12/h12-14H,1-11,16H2. The summed E-state index contributed by atoms with van der Waals surface area (Å²) in [6.07, 6.45) is 13.2. The Bertz CT molecular complexity index is 245. The number of hydrogen-bond acceptors (Lipinski definition) is 2. The Morgan fingerprint density at radius 3 is 2.18 bits per heavy atom. The molecule has 0 radical (unpaired) electrons. The van der Waals surface area contributed by atoms with E-state index in [0.717, 1.165) is 19.3 Å². The van der Waals surface area contributed by atoms with Gasteiger partial charge in [0, 0.05) is 18.4 Å². The minimum atomic E-state index is 0.147. The minimum absolute atomic E-state index is 0.147. The Balaban J connectivity index is 1.84. The maximum Gasteiger partial charge on any atom is 0.137 e. The fraction of sp³-hybridized carbons (Fsp3) is 0.933. The van der Waals surface area contributed by atoms with Crippen LogP contribution in [0, 0.1) is 11.8 Å². The molecule has 2 unspecified atom stereocenters. The van der Waals surface area contributed by atoms with Crippen LogP contribution in [0.1, 0.15) is 70.6 Å². The second-order valence-corrected chi connectivity index (χ2v) is 6.08. The summed E-state index contributed by atoms with van der Waals surface area (Å²) in [4.78, 5) is 12.3. The number of ketones is 1. The lowest BCUT2D eigenvalue weighted by molar-refractivity contribution is -0.124. The van der Waals surface area contributed by atoms with Crippen LogP contribution in [0.2, 0.25) is 0 Å². The molecule has 2 rings (SSSR count). The predicted octanol–water partition coefficient (Wildman–Crippen LogP) is 3.43. The van der Waals surface area contributed by atoms with Crippen LogP contribution >= 0.6 is 0 Å². The number of carbonyl (C=O) groups is 1. The first kappa shape index (κ1) is 13.1. The van der Waals surface area contributed by atoms with Gasteiger partial charge in [0.2, 0.25) is 0 Å². The second kappa shape index (κ2) is 6.53. The number of carbonyl (C=O) groups excluding carboxylic acids is 1. The zero-order valence-electron chi connectivity index (χ0n) is 11.0. The van der Waals surface area contributed by atoms with Crippen LogP contribution in [0.4, 0.5) is 0 Å². The molecular weight excluding hydrogens is 210 g/mol. The monoisotopic (exact) mass is 237 g/mol. The van der Waals surface area contributed by atoms with Gasteiger partial charge in [-0.05, 0) is 18.8 Å². The third-order valence-corrected chi connectivity index (χ3v) is 4.70. The highest BCUT2D eigenvalue weighted by molar-refractivity contribution is 5.82. The van der Waals surface area contributed by atoms with E-state index >= 15 is 0 Å². The molecule has 0 bridgehead atoms. The Kier molecular flexibility index (Phi) is 5.02. The molecule has 2 saturated carbocycles. The van der Waals surface area contributed by atoms with Crippen LogP contribution < -0.4 is 5.73 Å². The summed E-state index contributed by atoms with van der Waals surface area (Å²) < 4.78 is 0. The van der Waals surface area contributed by atoms with Crippen molar-refractivity contribution in [1.82, 2.24) is 0 Å². The molecule has 2 nitrogen and oxygen atoms in total. The van der Waals surface area contributed by atoms with Crippen LogP contribution in [-0.4, -0.2) is 11.8 Å². The molecule has 0 spiro atoms. The fourth-order valence-corrected chi connectivity index (χ4v) is 3.56. The number of rotatable bonds is 3. The molecule has 0 amide bonds. The van der Waals surface area contributed by atoms with E-state index in [-0.39, 0.29) is 12.0 Å². The first-order valence-corrected chi connectivity index (χ1v) is 7.55. The van der Waals surface area contributed by atoms with Crippen LogP contribution in [0.15, 0.2) is 0 Å². The molecule has 2 aliphatic carbocycles. The summed E-state index contributed by atoms with van der Waals surface area (Å²) in [6, 6.07) is 0.147. The van der Waals surface area contributed by atoms with Crippen LogP contribution in [0.5, 0.6) is 0 Å². The summed E-state index contributed by atoms with van der Waals surface area (Å²) in [7, 11) is 0. The third-order valence-electron chi connectivity index (χ3n) is 4.70. The zero-order valence-corrected chi connectivity index (χ0v) is 11.0. The van der Waals surface area contributed by atoms with Gasteiger partial charge in [0.25, 0.3) is 0 Å². The maximum atomic E-state index is 12.3. The van der Waals surface area contributed by atoms with Gasteiger partial charge in [-0.2, -0.15) is 0 Å². The van der Waals surface area contributed by atoms with E-state index in [1.807, 2.05) is 0 Å². The molecule has 2 aliphatic rings. The van der Waals surface area contributed by atoms with Gasteiger partial charge < -0.3 is 5.73 Å². The van der Waals surface area contributed by atoms with Gasteiger partial charge in [-0.15, -0.1) is 0 Å². The predicted molar refractivity (Wildman–Crippen MR) is 70.7 cm³/mol. The molecular formula is C15H27NO. The molecule has 98 valence electrons. The highest BCUT2D eigenvalue weighted by Gasteiger charge is 2.28. The highest BCUT2D eigenvalue weighted by Crippen LogP contribution is 2.30. The van der Waals surface area contributed by atoms with Gasteiger partial charge in [0.1, 0.15) is 5.78 Å². The minimum Gasteiger partial charge on any atom is -0.327 e. The average Bonchev–Trinajstić information content (AvgIpc) is 2.55.